The van der Waals surface area contributed by atoms with Crippen molar-refractivity contribution in [2.45, 2.75) is 26.4 Å². The van der Waals surface area contributed by atoms with Crippen molar-refractivity contribution in [1.29, 1.82) is 0 Å². The molecule has 0 aliphatic carbocycles. The van der Waals surface area contributed by atoms with Gasteiger partial charge in [0, 0.05) is 0 Å². The minimum Gasteiger partial charge on any atom is -0.444 e. The summed E-state index contributed by atoms with van der Waals surface area (Å²) in [6.45, 7) is 5.33. The lowest BCUT2D eigenvalue weighted by Gasteiger charge is -2.20. The van der Waals surface area contributed by atoms with Crippen LogP contribution in [0.1, 0.15) is 26.3 Å². The first-order valence-corrected chi connectivity index (χ1v) is 5.91. The Labute approximate surface area is 113 Å². The molecule has 3 N–H and O–H groups in total. The van der Waals surface area contributed by atoms with E-state index in [4.69, 9.17) is 14.8 Å². The predicted octanol–water partition coefficient (Wildman–Crippen LogP) is 2.06. The SMILES string of the molecule is CC(C)(C)OC(=O)Nc1ccccc1/C=C/B(O)O. The third-order valence-corrected chi connectivity index (χ3v) is 2.04. The number of hydrogen-bond donors (Lipinski definition) is 3. The van der Waals surface area contributed by atoms with Crippen LogP contribution in [0.5, 0.6) is 0 Å². The smallest absolute Gasteiger partial charge is 0.444 e. The average molecular weight is 263 g/mol. The van der Waals surface area contributed by atoms with Gasteiger partial charge in [-0.1, -0.05) is 30.3 Å². The molecule has 102 valence electrons. The topological polar surface area (TPSA) is 78.8 Å². The Bertz CT molecular complexity index is 466. The molecule has 0 aromatic heterocycles. The van der Waals surface area contributed by atoms with E-state index in [0.29, 0.717) is 11.3 Å². The first-order valence-electron chi connectivity index (χ1n) is 5.91. The normalized spacial score (nSPS) is 11.4. The Kier molecular flexibility index (Phi) is 5.15. The van der Waals surface area contributed by atoms with E-state index in [9.17, 15) is 4.79 Å². The Hall–Kier alpha value is -1.79. The van der Waals surface area contributed by atoms with Crippen LogP contribution in [0.25, 0.3) is 6.08 Å². The molecule has 1 rings (SSSR count). The van der Waals surface area contributed by atoms with Crippen LogP contribution < -0.4 is 5.32 Å². The number of anilines is 1. The number of rotatable bonds is 3. The monoisotopic (exact) mass is 263 g/mol. The zero-order valence-electron chi connectivity index (χ0n) is 11.3. The average Bonchev–Trinajstić information content (AvgIpc) is 2.25. The number of nitrogens with one attached hydrogen (secondary N) is 1. The van der Waals surface area contributed by atoms with Crippen molar-refractivity contribution in [2.75, 3.05) is 5.32 Å². The van der Waals surface area contributed by atoms with Gasteiger partial charge in [-0.15, -0.1) is 0 Å². The molecule has 1 aromatic rings. The summed E-state index contributed by atoms with van der Waals surface area (Å²) in [5.41, 5.74) is 0.617. The van der Waals surface area contributed by atoms with Crippen molar-refractivity contribution in [3.63, 3.8) is 0 Å². The molecule has 0 saturated heterocycles. The van der Waals surface area contributed by atoms with E-state index in [0.717, 1.165) is 0 Å². The van der Waals surface area contributed by atoms with Gasteiger partial charge in [0.25, 0.3) is 0 Å². The highest BCUT2D eigenvalue weighted by Crippen LogP contribution is 2.18. The van der Waals surface area contributed by atoms with Crippen LogP contribution in [-0.4, -0.2) is 28.9 Å². The van der Waals surface area contributed by atoms with Gasteiger partial charge in [-0.05, 0) is 32.4 Å². The zero-order chi connectivity index (χ0) is 14.5. The van der Waals surface area contributed by atoms with Gasteiger partial charge < -0.3 is 14.8 Å². The Morgan fingerprint density at radius 1 is 1.32 bits per heavy atom. The van der Waals surface area contributed by atoms with Crippen molar-refractivity contribution < 1.29 is 19.6 Å². The largest absolute Gasteiger partial charge is 0.480 e. The minimum absolute atomic E-state index is 0.536. The first kappa shape index (κ1) is 15.3. The van der Waals surface area contributed by atoms with Crippen LogP contribution in [0.15, 0.2) is 30.2 Å². The predicted molar refractivity (Wildman–Crippen MR) is 75.5 cm³/mol. The molecule has 0 radical (unpaired) electrons. The van der Waals surface area contributed by atoms with E-state index in [1.807, 2.05) is 0 Å². The summed E-state index contributed by atoms with van der Waals surface area (Å²) in [6, 6.07) is 6.99. The minimum atomic E-state index is -1.53. The van der Waals surface area contributed by atoms with E-state index >= 15 is 0 Å². The molecule has 6 heteroatoms. The second-order valence-electron chi connectivity index (χ2n) is 4.99. The summed E-state index contributed by atoms with van der Waals surface area (Å²) >= 11 is 0. The molecule has 0 saturated carbocycles. The third-order valence-electron chi connectivity index (χ3n) is 2.04. The maximum atomic E-state index is 11.7. The van der Waals surface area contributed by atoms with Gasteiger partial charge in [0.1, 0.15) is 5.60 Å². The second kappa shape index (κ2) is 6.40. The summed E-state index contributed by atoms with van der Waals surface area (Å²) in [4.78, 5) is 11.7. The van der Waals surface area contributed by atoms with Crippen LogP contribution >= 0.6 is 0 Å². The van der Waals surface area contributed by atoms with Gasteiger partial charge in [-0.3, -0.25) is 5.32 Å². The van der Waals surface area contributed by atoms with Gasteiger partial charge >= 0.3 is 13.2 Å². The molecule has 0 spiro atoms. The molecule has 0 bridgehead atoms. The van der Waals surface area contributed by atoms with Crippen molar-refractivity contribution >= 4 is 25.0 Å². The maximum Gasteiger partial charge on any atom is 0.480 e. The van der Waals surface area contributed by atoms with E-state index in [1.165, 1.54) is 12.1 Å². The molecule has 1 amide bonds. The zero-order valence-corrected chi connectivity index (χ0v) is 11.3. The summed E-state index contributed by atoms with van der Waals surface area (Å²) in [7, 11) is -1.53. The molecule has 1 aromatic carbocycles. The quantitative estimate of drug-likeness (QED) is 0.729. The maximum absolute atomic E-state index is 11.7. The number of para-hydroxylation sites is 1. The second-order valence-corrected chi connectivity index (χ2v) is 4.99. The fourth-order valence-electron chi connectivity index (χ4n) is 1.36. The van der Waals surface area contributed by atoms with E-state index in [2.05, 4.69) is 5.32 Å². The molecule has 19 heavy (non-hydrogen) atoms. The van der Waals surface area contributed by atoms with Crippen molar-refractivity contribution in [3.8, 4) is 0 Å². The fourth-order valence-corrected chi connectivity index (χ4v) is 1.36. The molecule has 0 aliphatic rings. The first-order chi connectivity index (χ1) is 8.78. The summed E-state index contributed by atoms with van der Waals surface area (Å²) < 4.78 is 5.15. The van der Waals surface area contributed by atoms with Crippen molar-refractivity contribution in [3.05, 3.63) is 35.8 Å². The molecule has 5 nitrogen and oxygen atoms in total. The number of carbonyl (C=O) groups excluding carboxylic acids is 1. The van der Waals surface area contributed by atoms with E-state index < -0.39 is 18.8 Å². The van der Waals surface area contributed by atoms with Crippen molar-refractivity contribution in [2.24, 2.45) is 0 Å². The number of amides is 1. The van der Waals surface area contributed by atoms with Gasteiger partial charge in [0.15, 0.2) is 0 Å². The van der Waals surface area contributed by atoms with E-state index in [-0.39, 0.29) is 0 Å². The molecular formula is C13H18BNO4. The van der Waals surface area contributed by atoms with Crippen molar-refractivity contribution in [1.82, 2.24) is 0 Å². The van der Waals surface area contributed by atoms with Crippen LogP contribution in [-0.2, 0) is 4.74 Å². The highest BCUT2D eigenvalue weighted by atomic mass is 16.6. The Balaban J connectivity index is 2.81. The number of ether oxygens (including phenoxy) is 1. The number of benzene rings is 1. The summed E-state index contributed by atoms with van der Waals surface area (Å²) in [6.07, 6.45) is 0.954. The van der Waals surface area contributed by atoms with Crippen LogP contribution in [0.4, 0.5) is 10.5 Å². The van der Waals surface area contributed by atoms with Gasteiger partial charge in [0.2, 0.25) is 0 Å². The van der Waals surface area contributed by atoms with Crippen LogP contribution in [0, 0.1) is 0 Å². The third kappa shape index (κ3) is 6.08. The standard InChI is InChI=1S/C13H18BNO4/c1-13(2,3)19-12(16)15-11-7-5-4-6-10(11)8-9-14(17)18/h4-9,17-18H,1-3H3,(H,15,16)/b9-8+. The lowest BCUT2D eigenvalue weighted by atomic mass is 9.90. The van der Waals surface area contributed by atoms with Gasteiger partial charge in [-0.2, -0.15) is 0 Å². The fraction of sp³-hybridized carbons (Fsp3) is 0.308. The molecule has 0 atom stereocenters. The summed E-state index contributed by atoms with van der Waals surface area (Å²) in [5.74, 6) is 1.20. The molecule has 0 unspecified atom stereocenters. The molecular weight excluding hydrogens is 245 g/mol. The van der Waals surface area contributed by atoms with Gasteiger partial charge in [-0.25, -0.2) is 4.79 Å². The van der Waals surface area contributed by atoms with Gasteiger partial charge in [0.05, 0.1) is 5.69 Å². The van der Waals surface area contributed by atoms with Crippen LogP contribution in [0.2, 0.25) is 0 Å². The summed E-state index contributed by atoms with van der Waals surface area (Å²) in [5, 5.41) is 20.2. The highest BCUT2D eigenvalue weighted by molar-refractivity contribution is 6.48. The molecule has 0 aliphatic heterocycles. The van der Waals surface area contributed by atoms with Crippen LogP contribution in [0.3, 0.4) is 0 Å². The lowest BCUT2D eigenvalue weighted by molar-refractivity contribution is 0.0636. The number of carbonyl (C=O) groups is 1. The number of hydrogen-bond acceptors (Lipinski definition) is 4. The Morgan fingerprint density at radius 2 is 1.95 bits per heavy atom. The lowest BCUT2D eigenvalue weighted by Crippen LogP contribution is -2.27. The Morgan fingerprint density at radius 3 is 2.53 bits per heavy atom. The molecule has 0 heterocycles. The van der Waals surface area contributed by atoms with E-state index in [1.54, 1.807) is 45.0 Å². The highest BCUT2D eigenvalue weighted by Gasteiger charge is 2.16. The molecule has 0 fully saturated rings.